The van der Waals surface area contributed by atoms with Gasteiger partial charge in [-0.3, -0.25) is 0 Å². The van der Waals surface area contributed by atoms with Crippen LogP contribution in [0, 0.1) is 0 Å². The van der Waals surface area contributed by atoms with Gasteiger partial charge in [-0.25, -0.2) is 9.97 Å². The summed E-state index contributed by atoms with van der Waals surface area (Å²) in [7, 11) is 1.89. The van der Waals surface area contributed by atoms with Crippen molar-refractivity contribution >= 4 is 11.6 Å². The lowest BCUT2D eigenvalue weighted by molar-refractivity contribution is -0.0573. The van der Waals surface area contributed by atoms with Crippen LogP contribution in [0.15, 0.2) is 6.07 Å². The predicted molar refractivity (Wildman–Crippen MR) is 80.0 cm³/mol. The first-order chi connectivity index (χ1) is 10.0. The fourth-order valence-corrected chi connectivity index (χ4v) is 2.39. The number of aliphatic hydroxyl groups is 1. The van der Waals surface area contributed by atoms with Crippen LogP contribution in [0.4, 0.5) is 11.6 Å². The molecule has 1 aliphatic rings. The van der Waals surface area contributed by atoms with Crippen molar-refractivity contribution in [2.24, 2.45) is 0 Å². The number of anilines is 2. The van der Waals surface area contributed by atoms with Gasteiger partial charge >= 0.3 is 0 Å². The molecule has 7 heteroatoms. The number of hydrogen-bond donors (Lipinski definition) is 2. The van der Waals surface area contributed by atoms with Gasteiger partial charge in [0.2, 0.25) is 0 Å². The summed E-state index contributed by atoms with van der Waals surface area (Å²) < 4.78 is 10.6. The first kappa shape index (κ1) is 15.9. The second kappa shape index (κ2) is 7.02. The lowest BCUT2D eigenvalue weighted by Crippen LogP contribution is -2.46. The maximum atomic E-state index is 10.6. The van der Waals surface area contributed by atoms with E-state index in [1.165, 1.54) is 0 Å². The molecule has 7 nitrogen and oxygen atoms in total. The number of nitrogen functional groups attached to an aromatic ring is 1. The molecule has 1 aromatic heterocycles. The molecule has 2 heterocycles. The van der Waals surface area contributed by atoms with Gasteiger partial charge < -0.3 is 25.2 Å². The molecule has 118 valence electrons. The summed E-state index contributed by atoms with van der Waals surface area (Å²) in [5, 5.41) is 10.6. The number of aromatic nitrogens is 2. The van der Waals surface area contributed by atoms with Gasteiger partial charge in [0.25, 0.3) is 0 Å². The maximum Gasteiger partial charge on any atom is 0.158 e. The van der Waals surface area contributed by atoms with Gasteiger partial charge in [0.05, 0.1) is 5.60 Å². The summed E-state index contributed by atoms with van der Waals surface area (Å²) in [5.41, 5.74) is 5.08. The molecule has 1 fully saturated rings. The molecular weight excluding hydrogens is 272 g/mol. The molecule has 0 amide bonds. The number of nitrogens with two attached hydrogens (primary N) is 1. The highest BCUT2D eigenvalue weighted by Crippen LogP contribution is 2.23. The molecule has 0 bridgehead atoms. The van der Waals surface area contributed by atoms with Crippen molar-refractivity contribution in [2.75, 3.05) is 44.0 Å². The number of likely N-dealkylation sites (N-methyl/N-ethyl adjacent to an activating group) is 1. The zero-order valence-electron chi connectivity index (χ0n) is 12.7. The van der Waals surface area contributed by atoms with Gasteiger partial charge in [-0.05, 0) is 6.92 Å². The Morgan fingerprint density at radius 3 is 2.81 bits per heavy atom. The van der Waals surface area contributed by atoms with Crippen molar-refractivity contribution in [1.29, 1.82) is 0 Å². The van der Waals surface area contributed by atoms with E-state index in [4.69, 9.17) is 15.2 Å². The van der Waals surface area contributed by atoms with Crippen molar-refractivity contribution in [3.63, 3.8) is 0 Å². The van der Waals surface area contributed by atoms with Crippen LogP contribution in [0.5, 0.6) is 0 Å². The highest BCUT2D eigenvalue weighted by molar-refractivity contribution is 5.46. The summed E-state index contributed by atoms with van der Waals surface area (Å²) in [6, 6.07) is 1.71. The Kier molecular flexibility index (Phi) is 5.33. The van der Waals surface area contributed by atoms with Gasteiger partial charge in [-0.1, -0.05) is 0 Å². The highest BCUT2D eigenvalue weighted by atomic mass is 16.5. The lowest BCUT2D eigenvalue weighted by Gasteiger charge is -2.35. The van der Waals surface area contributed by atoms with E-state index in [0.29, 0.717) is 63.3 Å². The summed E-state index contributed by atoms with van der Waals surface area (Å²) in [6.45, 7) is 4.52. The number of rotatable bonds is 6. The Labute approximate surface area is 125 Å². The van der Waals surface area contributed by atoms with E-state index in [9.17, 15) is 5.11 Å². The van der Waals surface area contributed by atoms with Crippen LogP contribution in [0.1, 0.15) is 25.6 Å². The fourth-order valence-electron chi connectivity index (χ4n) is 2.39. The van der Waals surface area contributed by atoms with Crippen LogP contribution in [0.25, 0.3) is 0 Å². The molecule has 3 N–H and O–H groups in total. The Bertz CT molecular complexity index is 464. The molecule has 1 aromatic rings. The van der Waals surface area contributed by atoms with E-state index in [1.54, 1.807) is 6.07 Å². The molecule has 1 aliphatic heterocycles. The molecule has 0 unspecified atom stereocenters. The molecule has 0 atom stereocenters. The Balaban J connectivity index is 2.07. The first-order valence-corrected chi connectivity index (χ1v) is 7.25. The molecule has 2 rings (SSSR count). The third kappa shape index (κ3) is 4.52. The lowest BCUT2D eigenvalue weighted by atomic mass is 9.94. The van der Waals surface area contributed by atoms with E-state index in [-0.39, 0.29) is 0 Å². The third-order valence-electron chi connectivity index (χ3n) is 3.56. The van der Waals surface area contributed by atoms with Gasteiger partial charge in [-0.15, -0.1) is 0 Å². The largest absolute Gasteiger partial charge is 0.388 e. The Morgan fingerprint density at radius 1 is 1.43 bits per heavy atom. The number of ether oxygens (including phenoxy) is 2. The standard InChI is InChI=1S/C14H24N4O3/c1-3-20-9-12-16-11(15)8-13(17-12)18(2)10-14(19)4-6-21-7-5-14/h8,19H,3-7,9-10H2,1-2H3,(H2,15,16,17). The highest BCUT2D eigenvalue weighted by Gasteiger charge is 2.31. The second-order valence-electron chi connectivity index (χ2n) is 5.40. The van der Waals surface area contributed by atoms with Gasteiger partial charge in [0.1, 0.15) is 18.2 Å². The van der Waals surface area contributed by atoms with E-state index in [1.807, 2.05) is 18.9 Å². The maximum absolute atomic E-state index is 10.6. The van der Waals surface area contributed by atoms with Crippen LogP contribution >= 0.6 is 0 Å². The minimum atomic E-state index is -0.743. The van der Waals surface area contributed by atoms with Crippen LogP contribution < -0.4 is 10.6 Å². The van der Waals surface area contributed by atoms with Crippen LogP contribution in [0.3, 0.4) is 0 Å². The zero-order valence-corrected chi connectivity index (χ0v) is 12.7. The topological polar surface area (TPSA) is 93.7 Å². The van der Waals surface area contributed by atoms with E-state index in [0.717, 1.165) is 0 Å². The van der Waals surface area contributed by atoms with Crippen molar-refractivity contribution in [3.8, 4) is 0 Å². The minimum Gasteiger partial charge on any atom is -0.388 e. The van der Waals surface area contributed by atoms with Crippen molar-refractivity contribution < 1.29 is 14.6 Å². The van der Waals surface area contributed by atoms with Gasteiger partial charge in [-0.2, -0.15) is 0 Å². The smallest absolute Gasteiger partial charge is 0.158 e. The first-order valence-electron chi connectivity index (χ1n) is 7.25. The van der Waals surface area contributed by atoms with E-state index in [2.05, 4.69) is 9.97 Å². The van der Waals surface area contributed by atoms with Crippen LogP contribution in [-0.4, -0.2) is 54.1 Å². The monoisotopic (exact) mass is 296 g/mol. The minimum absolute atomic E-state index is 0.334. The average Bonchev–Trinajstić information content (AvgIpc) is 2.45. The van der Waals surface area contributed by atoms with E-state index >= 15 is 0 Å². The van der Waals surface area contributed by atoms with Crippen molar-refractivity contribution in [2.45, 2.75) is 32.0 Å². The Hall–Kier alpha value is -1.44. The summed E-state index contributed by atoms with van der Waals surface area (Å²) in [5.74, 6) is 1.65. The quantitative estimate of drug-likeness (QED) is 0.792. The van der Waals surface area contributed by atoms with E-state index < -0.39 is 5.60 Å². The fraction of sp³-hybridized carbons (Fsp3) is 0.714. The summed E-state index contributed by atoms with van der Waals surface area (Å²) >= 11 is 0. The average molecular weight is 296 g/mol. The molecule has 0 radical (unpaired) electrons. The molecule has 21 heavy (non-hydrogen) atoms. The second-order valence-corrected chi connectivity index (χ2v) is 5.40. The Morgan fingerprint density at radius 2 is 2.14 bits per heavy atom. The van der Waals surface area contributed by atoms with Crippen LogP contribution in [-0.2, 0) is 16.1 Å². The summed E-state index contributed by atoms with van der Waals surface area (Å²) in [6.07, 6.45) is 1.26. The third-order valence-corrected chi connectivity index (χ3v) is 3.56. The molecule has 0 saturated carbocycles. The summed E-state index contributed by atoms with van der Waals surface area (Å²) in [4.78, 5) is 10.5. The van der Waals surface area contributed by atoms with Gasteiger partial charge in [0, 0.05) is 52.3 Å². The number of hydrogen-bond acceptors (Lipinski definition) is 7. The molecule has 0 aromatic carbocycles. The SMILES string of the molecule is CCOCc1nc(N)cc(N(C)CC2(O)CCOCC2)n1. The molecular formula is C14H24N4O3. The van der Waals surface area contributed by atoms with Crippen molar-refractivity contribution in [3.05, 3.63) is 11.9 Å². The zero-order chi connectivity index (χ0) is 15.3. The predicted octanol–water partition coefficient (Wildman–Crippen LogP) is 0.573. The van der Waals surface area contributed by atoms with Crippen LogP contribution in [0.2, 0.25) is 0 Å². The van der Waals surface area contributed by atoms with Gasteiger partial charge in [0.15, 0.2) is 5.82 Å². The van der Waals surface area contributed by atoms with Crippen molar-refractivity contribution in [1.82, 2.24) is 9.97 Å². The molecule has 0 spiro atoms. The molecule has 1 saturated heterocycles. The normalized spacial score (nSPS) is 17.7. The number of nitrogens with zero attached hydrogens (tertiary/aromatic N) is 3. The molecule has 0 aliphatic carbocycles.